The molecule has 0 atom stereocenters. The van der Waals surface area contributed by atoms with E-state index < -0.39 is 11.6 Å². The average Bonchev–Trinajstić information content (AvgIpc) is 3.83. The van der Waals surface area contributed by atoms with Crippen molar-refractivity contribution in [1.29, 1.82) is 0 Å². The molecule has 2 saturated heterocycles. The van der Waals surface area contributed by atoms with E-state index in [1.165, 1.54) is 50.6 Å². The van der Waals surface area contributed by atoms with Crippen LogP contribution in [0.5, 0.6) is 17.6 Å². The smallest absolute Gasteiger partial charge is 0.319 e. The predicted molar refractivity (Wildman–Crippen MR) is 169 cm³/mol. The Morgan fingerprint density at radius 3 is 2.51 bits per heavy atom. The molecular formula is C34H36F2N6O3. The molecule has 2 aromatic heterocycles. The molecule has 2 N–H and O–H groups in total. The number of terminal acetylenes is 1. The van der Waals surface area contributed by atoms with Crippen LogP contribution in [-0.2, 0) is 0 Å². The minimum atomic E-state index is -0.775. The van der Waals surface area contributed by atoms with Gasteiger partial charge in [0.25, 0.3) is 0 Å². The SMILES string of the molecule is C#Cc1c(F)ccc2cc(O)cc(-c3nc(OC)c4c(N5CCNCC5)nc(OCC5(CN6CCCCC6)CC5)nc4c3F)c12. The molecule has 3 fully saturated rings. The van der Waals surface area contributed by atoms with Gasteiger partial charge in [0.15, 0.2) is 5.82 Å². The Kier molecular flexibility index (Phi) is 7.79. The van der Waals surface area contributed by atoms with Crippen molar-refractivity contribution in [3.63, 3.8) is 0 Å². The molecular weight excluding hydrogens is 578 g/mol. The fraction of sp³-hybridized carbons (Fsp3) is 0.441. The molecule has 0 bridgehead atoms. The van der Waals surface area contributed by atoms with Crippen LogP contribution < -0.4 is 19.7 Å². The Balaban J connectivity index is 1.37. The van der Waals surface area contributed by atoms with E-state index >= 15 is 4.39 Å². The maximum absolute atomic E-state index is 16.9. The molecule has 11 heteroatoms. The Labute approximate surface area is 260 Å². The molecule has 0 amide bonds. The van der Waals surface area contributed by atoms with E-state index in [-0.39, 0.29) is 50.8 Å². The zero-order chi connectivity index (χ0) is 31.1. The molecule has 0 radical (unpaired) electrons. The van der Waals surface area contributed by atoms with Gasteiger partial charge in [-0.15, -0.1) is 6.42 Å². The summed E-state index contributed by atoms with van der Waals surface area (Å²) in [6.07, 6.45) is 11.6. The summed E-state index contributed by atoms with van der Waals surface area (Å²) < 4.78 is 43.7. The van der Waals surface area contributed by atoms with Crippen molar-refractivity contribution in [2.24, 2.45) is 5.41 Å². The number of aromatic hydroxyl groups is 1. The van der Waals surface area contributed by atoms with Crippen LogP contribution in [0.2, 0.25) is 0 Å². The van der Waals surface area contributed by atoms with E-state index in [1.54, 1.807) is 0 Å². The summed E-state index contributed by atoms with van der Waals surface area (Å²) in [5, 5.41) is 14.9. The second-order valence-corrected chi connectivity index (χ2v) is 12.4. The van der Waals surface area contributed by atoms with Crippen LogP contribution in [0, 0.1) is 29.4 Å². The number of nitrogens with zero attached hydrogens (tertiary/aromatic N) is 5. The van der Waals surface area contributed by atoms with Crippen LogP contribution >= 0.6 is 0 Å². The highest BCUT2D eigenvalue weighted by Crippen LogP contribution is 2.47. The van der Waals surface area contributed by atoms with E-state index in [9.17, 15) is 9.50 Å². The summed E-state index contributed by atoms with van der Waals surface area (Å²) in [7, 11) is 1.44. The van der Waals surface area contributed by atoms with E-state index in [1.807, 2.05) is 4.90 Å². The molecule has 4 aromatic rings. The second-order valence-electron chi connectivity index (χ2n) is 12.4. The first-order chi connectivity index (χ1) is 21.9. The van der Waals surface area contributed by atoms with Crippen LogP contribution in [0.15, 0.2) is 24.3 Å². The van der Waals surface area contributed by atoms with Gasteiger partial charge in [-0.25, -0.2) is 13.8 Å². The number of nitrogens with one attached hydrogen (secondary N) is 1. The molecule has 1 aliphatic carbocycles. The number of anilines is 1. The lowest BCUT2D eigenvalue weighted by Crippen LogP contribution is -2.44. The van der Waals surface area contributed by atoms with Gasteiger partial charge < -0.3 is 29.7 Å². The number of piperidine rings is 1. The van der Waals surface area contributed by atoms with Crippen molar-refractivity contribution in [3.05, 3.63) is 41.5 Å². The van der Waals surface area contributed by atoms with Crippen LogP contribution in [0.25, 0.3) is 32.9 Å². The lowest BCUT2D eigenvalue weighted by atomic mass is 9.95. The second kappa shape index (κ2) is 11.9. The standard InChI is InChI=1S/C34H36F2N6O3/c1-3-23-25(35)8-7-21-17-22(43)18-24(26(21)23)29-28(36)30-27(32(38-29)44-2)31(42-15-11-37-12-16-42)40-33(39-30)45-20-34(9-10-34)19-41-13-5-4-6-14-41/h1,7-8,17-18,37,43H,4-6,9-16,19-20H2,2H3. The molecule has 7 rings (SSSR count). The van der Waals surface area contributed by atoms with Gasteiger partial charge in [0.1, 0.15) is 34.0 Å². The van der Waals surface area contributed by atoms with Crippen molar-refractivity contribution in [1.82, 2.24) is 25.2 Å². The molecule has 2 aromatic carbocycles. The number of rotatable bonds is 8. The number of methoxy groups -OCH3 is 1. The van der Waals surface area contributed by atoms with Crippen LogP contribution in [-0.4, -0.2) is 84.5 Å². The number of hydrogen-bond acceptors (Lipinski definition) is 9. The summed E-state index contributed by atoms with van der Waals surface area (Å²) in [5.41, 5.74) is -0.105. The third-order valence-corrected chi connectivity index (χ3v) is 9.25. The Morgan fingerprint density at radius 1 is 1.02 bits per heavy atom. The van der Waals surface area contributed by atoms with Crippen molar-refractivity contribution >= 4 is 27.5 Å². The van der Waals surface area contributed by atoms with E-state index in [4.69, 9.17) is 20.9 Å². The number of phenolic OH excluding ortho intramolecular Hbond substituents is 1. The Morgan fingerprint density at radius 2 is 1.80 bits per heavy atom. The zero-order valence-corrected chi connectivity index (χ0v) is 25.3. The van der Waals surface area contributed by atoms with Crippen molar-refractivity contribution < 1.29 is 23.4 Å². The molecule has 0 unspecified atom stereocenters. The number of halogens is 2. The number of phenols is 1. The third kappa shape index (κ3) is 5.57. The van der Waals surface area contributed by atoms with E-state index in [2.05, 4.69) is 26.1 Å². The molecule has 1 saturated carbocycles. The van der Waals surface area contributed by atoms with Crippen molar-refractivity contribution in [2.75, 3.05) is 64.4 Å². The molecule has 45 heavy (non-hydrogen) atoms. The van der Waals surface area contributed by atoms with Crippen LogP contribution in [0.1, 0.15) is 37.7 Å². The van der Waals surface area contributed by atoms with Gasteiger partial charge in [-0.2, -0.15) is 9.97 Å². The molecule has 3 aliphatic rings. The topological polar surface area (TPSA) is 95.9 Å². The quantitative estimate of drug-likeness (QED) is 0.270. The summed E-state index contributed by atoms with van der Waals surface area (Å²) >= 11 is 0. The highest BCUT2D eigenvalue weighted by atomic mass is 19.1. The van der Waals surface area contributed by atoms with Gasteiger partial charge in [-0.3, -0.25) is 0 Å². The minimum Gasteiger partial charge on any atom is -0.508 e. The number of pyridine rings is 1. The van der Waals surface area contributed by atoms with Gasteiger partial charge in [-0.05, 0) is 62.4 Å². The summed E-state index contributed by atoms with van der Waals surface area (Å²) in [6, 6.07) is 5.56. The highest BCUT2D eigenvalue weighted by Gasteiger charge is 2.45. The molecule has 9 nitrogen and oxygen atoms in total. The van der Waals surface area contributed by atoms with Gasteiger partial charge in [-0.1, -0.05) is 18.4 Å². The molecule has 2 aliphatic heterocycles. The van der Waals surface area contributed by atoms with Crippen molar-refractivity contribution in [2.45, 2.75) is 32.1 Å². The normalized spacial score (nSPS) is 18.2. The fourth-order valence-corrected chi connectivity index (χ4v) is 6.69. The number of ether oxygens (including phenoxy) is 2. The largest absolute Gasteiger partial charge is 0.508 e. The monoisotopic (exact) mass is 614 g/mol. The average molecular weight is 615 g/mol. The lowest BCUT2D eigenvalue weighted by Gasteiger charge is -2.31. The maximum atomic E-state index is 16.9. The number of fused-ring (bicyclic) bond motifs is 2. The lowest BCUT2D eigenvalue weighted by molar-refractivity contribution is 0.139. The number of aromatic nitrogens is 3. The van der Waals surface area contributed by atoms with Crippen molar-refractivity contribution in [3.8, 4) is 41.2 Å². The third-order valence-electron chi connectivity index (χ3n) is 9.25. The van der Waals surface area contributed by atoms with Gasteiger partial charge in [0.2, 0.25) is 5.88 Å². The van der Waals surface area contributed by atoms with Crippen LogP contribution in [0.4, 0.5) is 14.6 Å². The van der Waals surface area contributed by atoms with Gasteiger partial charge in [0, 0.05) is 49.1 Å². The predicted octanol–water partition coefficient (Wildman–Crippen LogP) is 4.87. The first-order valence-electron chi connectivity index (χ1n) is 15.6. The number of benzene rings is 2. The fourth-order valence-electron chi connectivity index (χ4n) is 6.69. The molecule has 234 valence electrons. The first kappa shape index (κ1) is 29.4. The Bertz CT molecular complexity index is 1810. The minimum absolute atomic E-state index is 0.0357. The molecule has 4 heterocycles. The van der Waals surface area contributed by atoms with Gasteiger partial charge >= 0.3 is 6.01 Å². The van der Waals surface area contributed by atoms with Crippen LogP contribution in [0.3, 0.4) is 0 Å². The number of hydrogen-bond donors (Lipinski definition) is 2. The van der Waals surface area contributed by atoms with Gasteiger partial charge in [0.05, 0.1) is 19.3 Å². The summed E-state index contributed by atoms with van der Waals surface area (Å²) in [4.78, 5) is 18.5. The first-order valence-corrected chi connectivity index (χ1v) is 15.6. The Hall–Kier alpha value is -4.27. The summed E-state index contributed by atoms with van der Waals surface area (Å²) in [6.45, 7) is 6.36. The van der Waals surface area contributed by atoms with E-state index in [0.717, 1.165) is 45.6 Å². The van der Waals surface area contributed by atoms with E-state index in [0.29, 0.717) is 36.3 Å². The maximum Gasteiger partial charge on any atom is 0.319 e. The molecule has 0 spiro atoms. The number of likely N-dealkylation sites (tertiary alicyclic amines) is 1. The number of piperazine rings is 1. The summed E-state index contributed by atoms with van der Waals surface area (Å²) in [5.74, 6) is 1.39. The zero-order valence-electron chi connectivity index (χ0n) is 25.3. The highest BCUT2D eigenvalue weighted by molar-refractivity contribution is 6.04.